The topological polar surface area (TPSA) is 62.2 Å². The van der Waals surface area contributed by atoms with E-state index in [2.05, 4.69) is 10.3 Å². The highest BCUT2D eigenvalue weighted by atomic mass is 35.5. The monoisotopic (exact) mass is 280 g/mol. The number of pyridine rings is 1. The number of hydrogen-bond donors (Lipinski definition) is 2. The number of aliphatic carboxylic acids is 1. The zero-order chi connectivity index (χ0) is 11.3. The number of carboxylic acid groups (broad SMARTS) is 1. The summed E-state index contributed by atoms with van der Waals surface area (Å²) in [6, 6.07) is 5.06. The summed E-state index contributed by atoms with van der Waals surface area (Å²) in [5, 5.41) is 11.9. The molecular weight excluding hydrogens is 263 g/mol. The van der Waals surface area contributed by atoms with Crippen LogP contribution < -0.4 is 5.32 Å². The van der Waals surface area contributed by atoms with E-state index in [1.165, 1.54) is 0 Å². The van der Waals surface area contributed by atoms with E-state index in [1.54, 1.807) is 6.20 Å². The van der Waals surface area contributed by atoms with Crippen molar-refractivity contribution in [2.24, 2.45) is 5.92 Å². The molecule has 0 aliphatic rings. The first-order valence-corrected chi connectivity index (χ1v) is 4.97. The number of hydrogen-bond acceptors (Lipinski definition) is 3. The van der Waals surface area contributed by atoms with E-state index in [0.717, 1.165) is 5.69 Å². The highest BCUT2D eigenvalue weighted by Gasteiger charge is 2.20. The van der Waals surface area contributed by atoms with Crippen molar-refractivity contribution in [2.75, 3.05) is 0 Å². The predicted octanol–water partition coefficient (Wildman–Crippen LogP) is 2.12. The molecule has 1 atom stereocenters. The molecular formula is C11H18Cl2N2O2. The molecule has 1 aromatic heterocycles. The van der Waals surface area contributed by atoms with Crippen molar-refractivity contribution in [1.29, 1.82) is 0 Å². The van der Waals surface area contributed by atoms with Gasteiger partial charge in [0.25, 0.3) is 0 Å². The Hall–Kier alpha value is -0.840. The van der Waals surface area contributed by atoms with Crippen molar-refractivity contribution in [3.05, 3.63) is 30.1 Å². The summed E-state index contributed by atoms with van der Waals surface area (Å²) in [4.78, 5) is 15.0. The molecule has 98 valence electrons. The Kier molecular flexibility index (Phi) is 10.0. The van der Waals surface area contributed by atoms with Crippen LogP contribution in [0.2, 0.25) is 0 Å². The fourth-order valence-corrected chi connectivity index (χ4v) is 1.33. The second-order valence-electron chi connectivity index (χ2n) is 3.76. The van der Waals surface area contributed by atoms with Gasteiger partial charge in [-0.1, -0.05) is 19.9 Å². The number of rotatable bonds is 5. The van der Waals surface area contributed by atoms with Crippen LogP contribution in [0.1, 0.15) is 19.5 Å². The van der Waals surface area contributed by atoms with Crippen LogP contribution in [-0.4, -0.2) is 22.1 Å². The Labute approximate surface area is 114 Å². The van der Waals surface area contributed by atoms with E-state index < -0.39 is 12.0 Å². The normalized spacial score (nSPS) is 11.2. The minimum Gasteiger partial charge on any atom is -0.480 e. The molecule has 0 radical (unpaired) electrons. The molecule has 6 heteroatoms. The predicted molar refractivity (Wildman–Crippen MR) is 71.8 cm³/mol. The van der Waals surface area contributed by atoms with Crippen molar-refractivity contribution in [3.63, 3.8) is 0 Å². The fourth-order valence-electron chi connectivity index (χ4n) is 1.33. The lowest BCUT2D eigenvalue weighted by Gasteiger charge is -2.17. The summed E-state index contributed by atoms with van der Waals surface area (Å²) in [6.07, 6.45) is 1.70. The van der Waals surface area contributed by atoms with Gasteiger partial charge in [-0.05, 0) is 18.1 Å². The number of nitrogens with one attached hydrogen (secondary N) is 1. The maximum Gasteiger partial charge on any atom is 0.320 e. The molecule has 0 saturated heterocycles. The Balaban J connectivity index is 0. The minimum atomic E-state index is -0.819. The molecule has 0 saturated carbocycles. The third kappa shape index (κ3) is 6.46. The number of halogens is 2. The van der Waals surface area contributed by atoms with Crippen LogP contribution in [-0.2, 0) is 11.3 Å². The molecule has 17 heavy (non-hydrogen) atoms. The zero-order valence-electron chi connectivity index (χ0n) is 9.79. The Morgan fingerprint density at radius 3 is 2.47 bits per heavy atom. The first-order chi connectivity index (χ1) is 7.11. The highest BCUT2D eigenvalue weighted by molar-refractivity contribution is 5.85. The molecule has 1 unspecified atom stereocenters. The van der Waals surface area contributed by atoms with Crippen molar-refractivity contribution >= 4 is 30.8 Å². The van der Waals surface area contributed by atoms with Gasteiger partial charge in [0.15, 0.2) is 0 Å². The van der Waals surface area contributed by atoms with Crippen molar-refractivity contribution in [3.8, 4) is 0 Å². The molecule has 0 fully saturated rings. The minimum absolute atomic E-state index is 0. The van der Waals surface area contributed by atoms with Crippen LogP contribution in [0.3, 0.4) is 0 Å². The molecule has 4 nitrogen and oxygen atoms in total. The van der Waals surface area contributed by atoms with Gasteiger partial charge in [-0.15, -0.1) is 24.8 Å². The summed E-state index contributed by atoms with van der Waals surface area (Å²) in [7, 11) is 0. The summed E-state index contributed by atoms with van der Waals surface area (Å²) in [5.74, 6) is -0.757. The van der Waals surface area contributed by atoms with Crippen LogP contribution in [0.15, 0.2) is 24.4 Å². The van der Waals surface area contributed by atoms with Gasteiger partial charge in [0, 0.05) is 12.7 Å². The Morgan fingerprint density at radius 1 is 1.41 bits per heavy atom. The first kappa shape index (κ1) is 18.5. The summed E-state index contributed by atoms with van der Waals surface area (Å²) in [6.45, 7) is 4.24. The molecule has 1 rings (SSSR count). The van der Waals surface area contributed by atoms with Gasteiger partial charge in [-0.2, -0.15) is 0 Å². The molecule has 0 bridgehead atoms. The van der Waals surface area contributed by atoms with Gasteiger partial charge >= 0.3 is 5.97 Å². The standard InChI is InChI=1S/C11H16N2O2.2ClH/c1-8(2)10(11(14)15)13-7-9-5-3-4-6-12-9;;/h3-6,8,10,13H,7H2,1-2H3,(H,14,15);2*1H. The maximum atomic E-state index is 10.9. The lowest BCUT2D eigenvalue weighted by atomic mass is 10.0. The number of aromatic nitrogens is 1. The van der Waals surface area contributed by atoms with Crippen LogP contribution in [0.25, 0.3) is 0 Å². The lowest BCUT2D eigenvalue weighted by Crippen LogP contribution is -2.40. The number of carboxylic acids is 1. The van der Waals surface area contributed by atoms with E-state index in [1.807, 2.05) is 32.0 Å². The van der Waals surface area contributed by atoms with Gasteiger partial charge < -0.3 is 5.11 Å². The summed E-state index contributed by atoms with van der Waals surface area (Å²) >= 11 is 0. The van der Waals surface area contributed by atoms with Gasteiger partial charge in [-0.25, -0.2) is 0 Å². The van der Waals surface area contributed by atoms with E-state index in [4.69, 9.17) is 5.11 Å². The molecule has 0 spiro atoms. The van der Waals surface area contributed by atoms with E-state index >= 15 is 0 Å². The van der Waals surface area contributed by atoms with Crippen LogP contribution in [0.5, 0.6) is 0 Å². The number of carbonyl (C=O) groups is 1. The third-order valence-corrected chi connectivity index (χ3v) is 2.16. The molecule has 1 aromatic rings. The Morgan fingerprint density at radius 2 is 2.06 bits per heavy atom. The first-order valence-electron chi connectivity index (χ1n) is 4.97. The molecule has 0 aliphatic carbocycles. The van der Waals surface area contributed by atoms with Crippen molar-refractivity contribution in [2.45, 2.75) is 26.4 Å². The van der Waals surface area contributed by atoms with E-state index in [0.29, 0.717) is 6.54 Å². The van der Waals surface area contributed by atoms with Crippen LogP contribution in [0.4, 0.5) is 0 Å². The molecule has 1 heterocycles. The molecule has 0 aliphatic heterocycles. The van der Waals surface area contributed by atoms with Gasteiger partial charge in [0.2, 0.25) is 0 Å². The maximum absolute atomic E-state index is 10.9. The van der Waals surface area contributed by atoms with Gasteiger partial charge in [0.05, 0.1) is 5.69 Å². The fraction of sp³-hybridized carbons (Fsp3) is 0.455. The smallest absolute Gasteiger partial charge is 0.320 e. The average Bonchev–Trinajstić information content (AvgIpc) is 2.18. The van der Waals surface area contributed by atoms with Gasteiger partial charge in [-0.3, -0.25) is 15.1 Å². The van der Waals surface area contributed by atoms with Crippen LogP contribution >= 0.6 is 24.8 Å². The molecule has 0 aromatic carbocycles. The SMILES string of the molecule is CC(C)C(NCc1ccccn1)C(=O)O.Cl.Cl. The zero-order valence-corrected chi connectivity index (χ0v) is 11.4. The number of nitrogens with zero attached hydrogens (tertiary/aromatic N) is 1. The Bertz CT molecular complexity index is 321. The highest BCUT2D eigenvalue weighted by Crippen LogP contribution is 2.03. The second kappa shape index (κ2) is 9.22. The van der Waals surface area contributed by atoms with Crippen molar-refractivity contribution < 1.29 is 9.90 Å². The second-order valence-corrected chi connectivity index (χ2v) is 3.76. The summed E-state index contributed by atoms with van der Waals surface area (Å²) in [5.41, 5.74) is 0.851. The molecule has 0 amide bonds. The van der Waals surface area contributed by atoms with Gasteiger partial charge in [0.1, 0.15) is 6.04 Å². The largest absolute Gasteiger partial charge is 0.480 e. The quantitative estimate of drug-likeness (QED) is 0.868. The third-order valence-electron chi connectivity index (χ3n) is 2.16. The summed E-state index contributed by atoms with van der Waals surface area (Å²) < 4.78 is 0. The average molecular weight is 281 g/mol. The van der Waals surface area contributed by atoms with E-state index in [9.17, 15) is 4.79 Å². The van der Waals surface area contributed by atoms with E-state index in [-0.39, 0.29) is 30.7 Å². The molecule has 2 N–H and O–H groups in total. The lowest BCUT2D eigenvalue weighted by molar-refractivity contribution is -0.140. The van der Waals surface area contributed by atoms with Crippen LogP contribution in [0, 0.1) is 5.92 Å². The van der Waals surface area contributed by atoms with Crippen molar-refractivity contribution in [1.82, 2.24) is 10.3 Å².